The average Bonchev–Trinajstić information content (AvgIpc) is 3.56. The lowest BCUT2D eigenvalue weighted by atomic mass is 9.62. The molecule has 13 heteroatoms. The van der Waals surface area contributed by atoms with Gasteiger partial charge in [-0.15, -0.1) is 10.2 Å². The first-order chi connectivity index (χ1) is 23.2. The molecule has 2 fully saturated rings. The molecule has 2 saturated carbocycles. The predicted molar refractivity (Wildman–Crippen MR) is 177 cm³/mol. The number of aromatic nitrogens is 6. The maximum Gasteiger partial charge on any atom is 0.314 e. The second-order valence-electron chi connectivity index (χ2n) is 12.3. The molecule has 0 aliphatic heterocycles. The highest BCUT2D eigenvalue weighted by Crippen LogP contribution is 2.47. The Hall–Kier alpha value is -4.19. The molecule has 9 nitrogen and oxygen atoms in total. The monoisotopic (exact) mass is 691 g/mol. The van der Waals surface area contributed by atoms with Crippen LogP contribution in [0.3, 0.4) is 0 Å². The maximum atomic E-state index is 12.5. The van der Waals surface area contributed by atoms with Gasteiger partial charge in [-0.05, 0) is 61.1 Å². The molecule has 2 aliphatic carbocycles. The molecule has 0 unspecified atom stereocenters. The summed E-state index contributed by atoms with van der Waals surface area (Å²) < 4.78 is 30.0. The van der Waals surface area contributed by atoms with Gasteiger partial charge in [-0.3, -0.25) is 4.79 Å². The standard InChI is InChI=1S/C18H15ClF2N4O.C17H18ClN3O/c19-13-4-1-3-12(7-13)18(5-2-6-18)8-14-22-9-11(10-23-14)16-24-25-17(26-16)15(20)21;18-14-4-1-3-13(7-14)17(5-2-6-17)8-16-20-10-12(11-21-16)15(22)9-19/h1,3-4,7,9-10,15H,2,5-6,8H2;1,3-4,7,10-11H,2,5-6,8-9,19H2. The molecule has 248 valence electrons. The van der Waals surface area contributed by atoms with Crippen LogP contribution in [0.5, 0.6) is 0 Å². The van der Waals surface area contributed by atoms with E-state index in [1.807, 2.05) is 36.4 Å². The number of rotatable bonds is 10. The van der Waals surface area contributed by atoms with Gasteiger partial charge >= 0.3 is 6.43 Å². The summed E-state index contributed by atoms with van der Waals surface area (Å²) in [6.07, 6.45) is 11.5. The van der Waals surface area contributed by atoms with Gasteiger partial charge in [0.2, 0.25) is 0 Å². The van der Waals surface area contributed by atoms with Crippen LogP contribution in [0.25, 0.3) is 11.5 Å². The number of nitrogens with zero attached hydrogens (tertiary/aromatic N) is 6. The van der Waals surface area contributed by atoms with Crippen LogP contribution in [-0.4, -0.2) is 42.5 Å². The van der Waals surface area contributed by atoms with Crippen molar-refractivity contribution in [3.8, 4) is 11.5 Å². The van der Waals surface area contributed by atoms with Crippen LogP contribution in [0.15, 0.2) is 77.7 Å². The molecule has 0 radical (unpaired) electrons. The van der Waals surface area contributed by atoms with Crippen LogP contribution in [0.4, 0.5) is 8.78 Å². The number of carbonyl (C=O) groups excluding carboxylic acids is 1. The number of halogens is 4. The van der Waals surface area contributed by atoms with Crippen LogP contribution in [0, 0.1) is 0 Å². The summed E-state index contributed by atoms with van der Waals surface area (Å²) in [5, 5.41) is 8.39. The summed E-state index contributed by atoms with van der Waals surface area (Å²) in [6, 6.07) is 15.9. The summed E-state index contributed by atoms with van der Waals surface area (Å²) >= 11 is 12.3. The third kappa shape index (κ3) is 7.43. The maximum absolute atomic E-state index is 12.5. The molecule has 5 aromatic rings. The molecule has 3 aromatic heterocycles. The van der Waals surface area contributed by atoms with Crippen LogP contribution >= 0.6 is 23.2 Å². The van der Waals surface area contributed by atoms with Crippen LogP contribution in [-0.2, 0) is 23.7 Å². The Morgan fingerprint density at radius 2 is 1.29 bits per heavy atom. The molecule has 0 amide bonds. The van der Waals surface area contributed by atoms with Gasteiger partial charge in [-0.25, -0.2) is 19.9 Å². The number of Topliss-reactive ketones (excluding diaryl/α,β-unsaturated/α-hetero) is 1. The zero-order valence-corrected chi connectivity index (χ0v) is 27.5. The molecule has 7 rings (SSSR count). The third-order valence-corrected chi connectivity index (χ3v) is 9.75. The number of hydrogen-bond donors (Lipinski definition) is 1. The number of hydrogen-bond acceptors (Lipinski definition) is 9. The molecule has 0 saturated heterocycles. The lowest BCUT2D eigenvalue weighted by molar-refractivity contribution is 0.100. The quantitative estimate of drug-likeness (QED) is 0.146. The molecule has 2 aliphatic rings. The number of nitrogens with two attached hydrogens (primary N) is 1. The third-order valence-electron chi connectivity index (χ3n) is 9.28. The fourth-order valence-electron chi connectivity index (χ4n) is 6.29. The van der Waals surface area contributed by atoms with E-state index in [0.29, 0.717) is 23.4 Å². The number of carbonyl (C=O) groups is 1. The van der Waals surface area contributed by atoms with Crippen LogP contribution < -0.4 is 5.73 Å². The van der Waals surface area contributed by atoms with Gasteiger partial charge in [0.05, 0.1) is 17.7 Å². The summed E-state index contributed by atoms with van der Waals surface area (Å²) in [6.45, 7) is -0.0187. The van der Waals surface area contributed by atoms with Crippen molar-refractivity contribution in [3.05, 3.63) is 118 Å². The molecule has 48 heavy (non-hydrogen) atoms. The lowest BCUT2D eigenvalue weighted by Crippen LogP contribution is -2.37. The summed E-state index contributed by atoms with van der Waals surface area (Å²) in [4.78, 5) is 28.9. The first-order valence-corrected chi connectivity index (χ1v) is 16.4. The Morgan fingerprint density at radius 1 is 0.792 bits per heavy atom. The fourth-order valence-corrected chi connectivity index (χ4v) is 6.67. The highest BCUT2D eigenvalue weighted by Gasteiger charge is 2.40. The first-order valence-electron chi connectivity index (χ1n) is 15.7. The lowest BCUT2D eigenvalue weighted by Gasteiger charge is -2.42. The molecule has 2 aromatic carbocycles. The minimum atomic E-state index is -2.80. The molecule has 0 bridgehead atoms. The van der Waals surface area contributed by atoms with E-state index in [2.05, 4.69) is 42.3 Å². The highest BCUT2D eigenvalue weighted by atomic mass is 35.5. The van der Waals surface area contributed by atoms with Gasteiger partial charge in [0, 0.05) is 58.5 Å². The SMILES string of the molecule is FC(F)c1nnc(-c2cnc(CC3(c4cccc(Cl)c4)CCC3)nc2)o1.NCC(=O)c1cnc(CC2(c3cccc(Cl)c3)CCC2)nc1. The molecule has 3 heterocycles. The highest BCUT2D eigenvalue weighted by molar-refractivity contribution is 6.30. The van der Waals surface area contributed by atoms with E-state index in [1.165, 1.54) is 29.9 Å². The fraction of sp³-hybridized carbons (Fsp3) is 0.343. The first kappa shape index (κ1) is 33.7. The molecule has 0 atom stereocenters. The Labute approximate surface area is 286 Å². The zero-order valence-electron chi connectivity index (χ0n) is 26.0. The normalized spacial score (nSPS) is 16.0. The number of ketones is 1. The van der Waals surface area contributed by atoms with E-state index in [9.17, 15) is 13.6 Å². The van der Waals surface area contributed by atoms with Crippen LogP contribution in [0.1, 0.15) is 84.0 Å². The van der Waals surface area contributed by atoms with E-state index in [4.69, 9.17) is 33.4 Å². The van der Waals surface area contributed by atoms with E-state index in [-0.39, 0.29) is 29.0 Å². The minimum Gasteiger partial charge on any atom is -0.415 e. The summed E-state index contributed by atoms with van der Waals surface area (Å²) in [7, 11) is 0. The second-order valence-corrected chi connectivity index (χ2v) is 13.2. The summed E-state index contributed by atoms with van der Waals surface area (Å²) in [5.41, 5.74) is 8.75. The Bertz CT molecular complexity index is 1860. The molecular formula is C35H33Cl2F2N7O2. The Kier molecular flexibility index (Phi) is 10.2. The van der Waals surface area contributed by atoms with Gasteiger partial charge in [0.15, 0.2) is 5.78 Å². The predicted octanol–water partition coefficient (Wildman–Crippen LogP) is 7.72. The van der Waals surface area contributed by atoms with Crippen molar-refractivity contribution in [1.82, 2.24) is 30.1 Å². The Balaban J connectivity index is 0.000000170. The van der Waals surface area contributed by atoms with Gasteiger partial charge in [-0.1, -0.05) is 60.3 Å². The number of benzene rings is 2. The van der Waals surface area contributed by atoms with Crippen molar-refractivity contribution in [2.75, 3.05) is 6.54 Å². The van der Waals surface area contributed by atoms with Crippen molar-refractivity contribution in [3.63, 3.8) is 0 Å². The van der Waals surface area contributed by atoms with Crippen molar-refractivity contribution < 1.29 is 18.0 Å². The van der Waals surface area contributed by atoms with E-state index >= 15 is 0 Å². The average molecular weight is 693 g/mol. The van der Waals surface area contributed by atoms with Crippen LogP contribution in [0.2, 0.25) is 10.0 Å². The van der Waals surface area contributed by atoms with Gasteiger partial charge < -0.3 is 10.2 Å². The molecule has 2 N–H and O–H groups in total. The van der Waals surface area contributed by atoms with Gasteiger partial charge in [-0.2, -0.15) is 8.78 Å². The van der Waals surface area contributed by atoms with Crippen molar-refractivity contribution in [1.29, 1.82) is 0 Å². The largest absolute Gasteiger partial charge is 0.415 e. The van der Waals surface area contributed by atoms with E-state index in [0.717, 1.165) is 54.4 Å². The zero-order chi connectivity index (χ0) is 33.7. The van der Waals surface area contributed by atoms with Crippen molar-refractivity contribution >= 4 is 29.0 Å². The molecule has 0 spiro atoms. The number of alkyl halides is 2. The minimum absolute atomic E-state index is 0.000249. The van der Waals surface area contributed by atoms with E-state index in [1.54, 1.807) is 12.4 Å². The molecular weight excluding hydrogens is 659 g/mol. The second kappa shape index (κ2) is 14.5. The topological polar surface area (TPSA) is 134 Å². The van der Waals surface area contributed by atoms with Crippen molar-refractivity contribution in [2.24, 2.45) is 5.73 Å². The van der Waals surface area contributed by atoms with Gasteiger partial charge in [0.1, 0.15) is 11.6 Å². The summed E-state index contributed by atoms with van der Waals surface area (Å²) in [5.74, 6) is 0.577. The van der Waals surface area contributed by atoms with Crippen molar-refractivity contribution in [2.45, 2.75) is 68.6 Å². The smallest absolute Gasteiger partial charge is 0.314 e. The van der Waals surface area contributed by atoms with Gasteiger partial charge in [0.25, 0.3) is 11.8 Å². The van der Waals surface area contributed by atoms with E-state index < -0.39 is 12.3 Å². The Morgan fingerprint density at radius 3 is 1.69 bits per heavy atom.